The molecule has 0 aliphatic carbocycles. The topological polar surface area (TPSA) is 52.6 Å². The van der Waals surface area contributed by atoms with E-state index >= 15 is 0 Å². The summed E-state index contributed by atoms with van der Waals surface area (Å²) in [4.78, 5) is 10.6. The third-order valence-electron chi connectivity index (χ3n) is 2.00. The van der Waals surface area contributed by atoms with Gasteiger partial charge in [-0.2, -0.15) is 0 Å². The Hall–Kier alpha value is -0.180. The highest BCUT2D eigenvalue weighted by molar-refractivity contribution is 7.54. The highest BCUT2D eigenvalue weighted by Gasteiger charge is 2.36. The van der Waals surface area contributed by atoms with Crippen LogP contribution in [-0.2, 0) is 18.4 Å². The van der Waals surface area contributed by atoms with Crippen molar-refractivity contribution in [3.63, 3.8) is 0 Å². The summed E-state index contributed by atoms with van der Waals surface area (Å²) in [5.74, 6) is 0. The van der Waals surface area contributed by atoms with Gasteiger partial charge in [0.1, 0.15) is 6.29 Å². The minimum Gasteiger partial charge on any atom is -0.306 e. The smallest absolute Gasteiger partial charge is 0.306 e. The van der Waals surface area contributed by atoms with Gasteiger partial charge >= 0.3 is 7.60 Å². The summed E-state index contributed by atoms with van der Waals surface area (Å²) in [6, 6.07) is 0. The molecule has 0 bridgehead atoms. The van der Waals surface area contributed by atoms with E-state index in [2.05, 4.69) is 0 Å². The molecule has 0 amide bonds. The third kappa shape index (κ3) is 5.24. The van der Waals surface area contributed by atoms with E-state index in [0.717, 1.165) is 6.29 Å². The lowest BCUT2D eigenvalue weighted by Crippen LogP contribution is -2.18. The van der Waals surface area contributed by atoms with Crippen molar-refractivity contribution in [1.82, 2.24) is 0 Å². The Morgan fingerprint density at radius 2 is 1.56 bits per heavy atom. The minimum absolute atomic E-state index is 0.176. The maximum Gasteiger partial charge on any atom is 0.334 e. The molecule has 0 aliphatic rings. The molecule has 0 unspecified atom stereocenters. The van der Waals surface area contributed by atoms with Crippen LogP contribution in [-0.4, -0.2) is 24.2 Å². The molecule has 0 saturated carbocycles. The highest BCUT2D eigenvalue weighted by Crippen LogP contribution is 2.57. The lowest BCUT2D eigenvalue weighted by atomic mass is 10.3. The van der Waals surface area contributed by atoms with Gasteiger partial charge in [-0.15, -0.1) is 0 Å². The number of carbonyl (C=O) groups is 1. The summed E-state index contributed by atoms with van der Waals surface area (Å²) in [5, 5.41) is 0. The molecule has 0 aliphatic heterocycles. The first-order valence-electron chi connectivity index (χ1n) is 5.75. The fourth-order valence-corrected chi connectivity index (χ4v) is 3.78. The number of rotatable bonds is 8. The van der Waals surface area contributed by atoms with Crippen molar-refractivity contribution < 1.29 is 18.4 Å². The standard InChI is InChI=1S/C11H23O4P/c1-6-11(7-8-12)16(13,14-9(2)3)15-10(4)5/h8-11H,6-7H2,1-5H3/t11-/m1/s1. The van der Waals surface area contributed by atoms with Gasteiger partial charge in [0.25, 0.3) is 0 Å². The van der Waals surface area contributed by atoms with E-state index < -0.39 is 7.60 Å². The molecule has 0 aromatic carbocycles. The van der Waals surface area contributed by atoms with Crippen molar-refractivity contribution in [2.45, 2.75) is 65.3 Å². The van der Waals surface area contributed by atoms with Gasteiger partial charge in [-0.05, 0) is 34.1 Å². The van der Waals surface area contributed by atoms with E-state index in [-0.39, 0.29) is 24.3 Å². The first-order chi connectivity index (χ1) is 7.35. The largest absolute Gasteiger partial charge is 0.334 e. The molecular formula is C11H23O4P. The molecule has 5 heteroatoms. The average molecular weight is 250 g/mol. The molecule has 0 rings (SSSR count). The van der Waals surface area contributed by atoms with Crippen molar-refractivity contribution in [3.05, 3.63) is 0 Å². The number of hydrogen-bond acceptors (Lipinski definition) is 4. The van der Waals surface area contributed by atoms with Crippen LogP contribution in [0.2, 0.25) is 0 Å². The molecule has 16 heavy (non-hydrogen) atoms. The zero-order valence-electron chi connectivity index (χ0n) is 10.8. The van der Waals surface area contributed by atoms with Crippen LogP contribution in [0.4, 0.5) is 0 Å². The van der Waals surface area contributed by atoms with Crippen LogP contribution in [0.1, 0.15) is 47.5 Å². The Kier molecular flexibility index (Phi) is 7.12. The molecule has 0 spiro atoms. The summed E-state index contributed by atoms with van der Waals surface area (Å²) in [6.07, 6.45) is 1.24. The minimum atomic E-state index is -3.19. The first kappa shape index (κ1) is 15.8. The Labute approximate surface area is 98.2 Å². The zero-order valence-corrected chi connectivity index (χ0v) is 11.7. The second kappa shape index (κ2) is 7.21. The molecule has 1 atom stereocenters. The predicted octanol–water partition coefficient (Wildman–Crippen LogP) is 3.40. The molecule has 96 valence electrons. The van der Waals surface area contributed by atoms with Crippen molar-refractivity contribution in [2.75, 3.05) is 0 Å². The van der Waals surface area contributed by atoms with E-state index in [1.807, 2.05) is 34.6 Å². The molecule has 0 saturated heterocycles. The monoisotopic (exact) mass is 250 g/mol. The predicted molar refractivity (Wildman–Crippen MR) is 64.8 cm³/mol. The fraction of sp³-hybridized carbons (Fsp3) is 0.909. The van der Waals surface area contributed by atoms with Gasteiger partial charge in [0.15, 0.2) is 0 Å². The first-order valence-corrected chi connectivity index (χ1v) is 7.37. The molecule has 0 heterocycles. The van der Waals surface area contributed by atoms with Gasteiger partial charge in [-0.25, -0.2) is 0 Å². The van der Waals surface area contributed by atoms with Crippen molar-refractivity contribution >= 4 is 13.9 Å². The molecule has 0 fully saturated rings. The van der Waals surface area contributed by atoms with Crippen LogP contribution in [0, 0.1) is 0 Å². The Balaban J connectivity index is 4.86. The normalized spacial score (nSPS) is 14.4. The van der Waals surface area contributed by atoms with Crippen molar-refractivity contribution in [2.24, 2.45) is 0 Å². The lowest BCUT2D eigenvalue weighted by Gasteiger charge is -2.28. The van der Waals surface area contributed by atoms with Gasteiger partial charge in [0, 0.05) is 6.42 Å². The summed E-state index contributed by atoms with van der Waals surface area (Å²) in [7, 11) is -3.19. The molecule has 4 nitrogen and oxygen atoms in total. The summed E-state index contributed by atoms with van der Waals surface area (Å²) >= 11 is 0. The van der Waals surface area contributed by atoms with Gasteiger partial charge in [0.2, 0.25) is 0 Å². The van der Waals surface area contributed by atoms with Crippen LogP contribution in [0.5, 0.6) is 0 Å². The molecule has 0 aromatic heterocycles. The molecule has 0 radical (unpaired) electrons. The second-order valence-corrected chi connectivity index (χ2v) is 6.54. The zero-order chi connectivity index (χ0) is 12.8. The quantitative estimate of drug-likeness (QED) is 0.489. The van der Waals surface area contributed by atoms with E-state index in [1.54, 1.807) is 0 Å². The molecular weight excluding hydrogens is 227 g/mol. The fourth-order valence-electron chi connectivity index (χ4n) is 1.42. The van der Waals surface area contributed by atoms with Gasteiger partial charge < -0.3 is 13.8 Å². The maximum atomic E-state index is 12.6. The Morgan fingerprint density at radius 3 is 1.81 bits per heavy atom. The second-order valence-electron chi connectivity index (χ2n) is 4.31. The Bertz CT molecular complexity index is 236. The number of carbonyl (C=O) groups excluding carboxylic acids is 1. The van der Waals surface area contributed by atoms with Gasteiger partial charge in [-0.3, -0.25) is 4.57 Å². The van der Waals surface area contributed by atoms with E-state index in [0.29, 0.717) is 6.42 Å². The third-order valence-corrected chi connectivity index (χ3v) is 4.90. The van der Waals surface area contributed by atoms with Crippen molar-refractivity contribution in [1.29, 1.82) is 0 Å². The SMILES string of the molecule is CC[C@H](CC=O)P(=O)(OC(C)C)OC(C)C. The van der Waals surface area contributed by atoms with Crippen LogP contribution in [0.3, 0.4) is 0 Å². The lowest BCUT2D eigenvalue weighted by molar-refractivity contribution is -0.108. The number of aldehydes is 1. The maximum absolute atomic E-state index is 12.6. The van der Waals surface area contributed by atoms with E-state index in [1.165, 1.54) is 0 Å². The molecule has 0 N–H and O–H groups in total. The summed E-state index contributed by atoms with van der Waals surface area (Å²) in [5.41, 5.74) is -0.338. The van der Waals surface area contributed by atoms with Crippen LogP contribution in [0.15, 0.2) is 0 Å². The van der Waals surface area contributed by atoms with Gasteiger partial charge in [0.05, 0.1) is 17.9 Å². The summed E-state index contributed by atoms with van der Waals surface area (Å²) in [6.45, 7) is 9.12. The van der Waals surface area contributed by atoms with Crippen molar-refractivity contribution in [3.8, 4) is 0 Å². The van der Waals surface area contributed by atoms with Crippen LogP contribution >= 0.6 is 7.60 Å². The van der Waals surface area contributed by atoms with Gasteiger partial charge in [-0.1, -0.05) is 6.92 Å². The van der Waals surface area contributed by atoms with E-state index in [9.17, 15) is 9.36 Å². The Morgan fingerprint density at radius 1 is 1.12 bits per heavy atom. The molecule has 0 aromatic rings. The van der Waals surface area contributed by atoms with E-state index in [4.69, 9.17) is 9.05 Å². The average Bonchev–Trinajstić information content (AvgIpc) is 2.10. The van der Waals surface area contributed by atoms with Crippen LogP contribution < -0.4 is 0 Å². The summed E-state index contributed by atoms with van der Waals surface area (Å²) < 4.78 is 23.4. The number of hydrogen-bond donors (Lipinski definition) is 0. The van der Waals surface area contributed by atoms with Crippen LogP contribution in [0.25, 0.3) is 0 Å². The highest BCUT2D eigenvalue weighted by atomic mass is 31.2.